The van der Waals surface area contributed by atoms with E-state index in [2.05, 4.69) is 15.9 Å². The molecule has 0 saturated carbocycles. The van der Waals surface area contributed by atoms with Gasteiger partial charge in [-0.1, -0.05) is 15.9 Å². The molecule has 0 aliphatic carbocycles. The zero-order valence-electron chi connectivity index (χ0n) is 4.67. The van der Waals surface area contributed by atoms with Crippen molar-refractivity contribution in [2.24, 2.45) is 5.73 Å². The van der Waals surface area contributed by atoms with E-state index in [9.17, 15) is 0 Å². The van der Waals surface area contributed by atoms with Gasteiger partial charge in [0.25, 0.3) is 0 Å². The van der Waals surface area contributed by atoms with Gasteiger partial charge in [-0.15, -0.1) is 17.0 Å². The van der Waals surface area contributed by atoms with E-state index in [1.807, 2.05) is 0 Å². The predicted octanol–water partition coefficient (Wildman–Crippen LogP) is 1.01. The second-order valence-electron chi connectivity index (χ2n) is 1.60. The standard InChI is InChI=1S/C4H10BrNO.BrH/c1-3(7)2-4(5)6;/h3-4,7H,2,6H2,1H3;1H. The van der Waals surface area contributed by atoms with Crippen LogP contribution in [0.3, 0.4) is 0 Å². The van der Waals surface area contributed by atoms with Crippen LogP contribution in [0.2, 0.25) is 0 Å². The van der Waals surface area contributed by atoms with Gasteiger partial charge in [-0.05, 0) is 13.3 Å². The van der Waals surface area contributed by atoms with E-state index in [1.54, 1.807) is 6.92 Å². The number of alkyl halides is 1. The average Bonchev–Trinajstić information content (AvgIpc) is 1.27. The van der Waals surface area contributed by atoms with Crippen molar-refractivity contribution >= 4 is 32.9 Å². The fourth-order valence-corrected chi connectivity index (χ4v) is 0.867. The number of aliphatic hydroxyl groups excluding tert-OH is 1. The van der Waals surface area contributed by atoms with E-state index in [0.717, 1.165) is 0 Å². The Kier molecular flexibility index (Phi) is 8.75. The maximum atomic E-state index is 8.61. The van der Waals surface area contributed by atoms with Gasteiger partial charge in [0.2, 0.25) is 0 Å². The zero-order valence-corrected chi connectivity index (χ0v) is 7.97. The summed E-state index contributed by atoms with van der Waals surface area (Å²) in [4.78, 5) is -0.0625. The summed E-state index contributed by atoms with van der Waals surface area (Å²) >= 11 is 3.09. The quantitative estimate of drug-likeness (QED) is 0.566. The van der Waals surface area contributed by atoms with Gasteiger partial charge in [0.15, 0.2) is 0 Å². The fourth-order valence-electron chi connectivity index (χ4n) is 0.326. The first-order valence-corrected chi connectivity index (χ1v) is 3.12. The van der Waals surface area contributed by atoms with Gasteiger partial charge in [-0.2, -0.15) is 0 Å². The second kappa shape index (κ2) is 6.01. The van der Waals surface area contributed by atoms with Crippen LogP contribution in [0.1, 0.15) is 13.3 Å². The summed E-state index contributed by atoms with van der Waals surface area (Å²) in [6, 6.07) is 0. The molecule has 0 aromatic heterocycles. The van der Waals surface area contributed by atoms with Gasteiger partial charge < -0.3 is 10.8 Å². The molecule has 0 aromatic rings. The Morgan fingerprint density at radius 2 is 2.12 bits per heavy atom. The van der Waals surface area contributed by atoms with Crippen LogP contribution in [0.4, 0.5) is 0 Å². The average molecular weight is 249 g/mol. The fraction of sp³-hybridized carbons (Fsp3) is 1.00. The molecule has 0 spiro atoms. The molecule has 8 heavy (non-hydrogen) atoms. The molecule has 52 valence electrons. The van der Waals surface area contributed by atoms with Crippen LogP contribution < -0.4 is 5.73 Å². The molecule has 2 unspecified atom stereocenters. The van der Waals surface area contributed by atoms with Crippen molar-refractivity contribution in [2.75, 3.05) is 0 Å². The summed E-state index contributed by atoms with van der Waals surface area (Å²) in [5.41, 5.74) is 5.25. The van der Waals surface area contributed by atoms with E-state index in [4.69, 9.17) is 10.8 Å². The summed E-state index contributed by atoms with van der Waals surface area (Å²) in [6.07, 6.45) is 0.314. The van der Waals surface area contributed by atoms with E-state index >= 15 is 0 Å². The molecule has 4 heteroatoms. The third-order valence-electron chi connectivity index (χ3n) is 0.566. The minimum atomic E-state index is -0.297. The number of rotatable bonds is 2. The maximum Gasteiger partial charge on any atom is 0.0630 e. The second-order valence-corrected chi connectivity index (χ2v) is 2.78. The van der Waals surface area contributed by atoms with Crippen LogP contribution in [0.15, 0.2) is 0 Å². The minimum Gasteiger partial charge on any atom is -0.393 e. The third kappa shape index (κ3) is 9.99. The van der Waals surface area contributed by atoms with Crippen molar-refractivity contribution in [2.45, 2.75) is 24.4 Å². The van der Waals surface area contributed by atoms with E-state index in [1.165, 1.54) is 0 Å². The van der Waals surface area contributed by atoms with Crippen LogP contribution >= 0.6 is 32.9 Å². The molecule has 0 aliphatic heterocycles. The molecule has 3 N–H and O–H groups in total. The van der Waals surface area contributed by atoms with E-state index in [-0.39, 0.29) is 28.0 Å². The van der Waals surface area contributed by atoms with E-state index < -0.39 is 0 Å². The molecule has 0 fully saturated rings. The normalized spacial score (nSPS) is 16.5. The van der Waals surface area contributed by atoms with Crippen molar-refractivity contribution in [3.05, 3.63) is 0 Å². The summed E-state index contributed by atoms with van der Waals surface area (Å²) in [5, 5.41) is 8.61. The maximum absolute atomic E-state index is 8.61. The molecule has 0 amide bonds. The van der Waals surface area contributed by atoms with Crippen LogP contribution in [-0.4, -0.2) is 16.2 Å². The SMILES string of the molecule is Br.CC(O)CC(N)Br. The third-order valence-corrected chi connectivity index (χ3v) is 0.940. The summed E-state index contributed by atoms with van der Waals surface area (Å²) in [6.45, 7) is 1.71. The first-order chi connectivity index (χ1) is 3.13. The van der Waals surface area contributed by atoms with Gasteiger partial charge in [-0.25, -0.2) is 0 Å². The minimum absolute atomic E-state index is 0. The molecule has 0 radical (unpaired) electrons. The Balaban J connectivity index is 0. The van der Waals surface area contributed by atoms with Crippen molar-refractivity contribution in [3.63, 3.8) is 0 Å². The highest BCUT2D eigenvalue weighted by molar-refractivity contribution is 9.09. The molecule has 2 nitrogen and oxygen atoms in total. The Labute approximate surface area is 68.3 Å². The van der Waals surface area contributed by atoms with Gasteiger partial charge in [-0.3, -0.25) is 0 Å². The van der Waals surface area contributed by atoms with Crippen LogP contribution in [-0.2, 0) is 0 Å². The number of hydrogen-bond acceptors (Lipinski definition) is 2. The van der Waals surface area contributed by atoms with Crippen molar-refractivity contribution < 1.29 is 5.11 Å². The molecular weight excluding hydrogens is 238 g/mol. The molecule has 0 bridgehead atoms. The summed E-state index contributed by atoms with van der Waals surface area (Å²) in [5.74, 6) is 0. The Hall–Kier alpha value is 0.880. The topological polar surface area (TPSA) is 46.2 Å². The van der Waals surface area contributed by atoms with Gasteiger partial charge in [0.05, 0.1) is 11.1 Å². The summed E-state index contributed by atoms with van der Waals surface area (Å²) in [7, 11) is 0. The number of halogens is 2. The molecular formula is C4H11Br2NO. The van der Waals surface area contributed by atoms with Crippen LogP contribution in [0, 0.1) is 0 Å². The van der Waals surface area contributed by atoms with Crippen LogP contribution in [0.5, 0.6) is 0 Å². The lowest BCUT2D eigenvalue weighted by Crippen LogP contribution is -2.17. The van der Waals surface area contributed by atoms with E-state index in [0.29, 0.717) is 6.42 Å². The monoisotopic (exact) mass is 247 g/mol. The molecule has 0 saturated heterocycles. The Bertz CT molecular complexity index is 43.3. The smallest absolute Gasteiger partial charge is 0.0630 e. The Morgan fingerprint density at radius 3 is 2.12 bits per heavy atom. The highest BCUT2D eigenvalue weighted by atomic mass is 79.9. The highest BCUT2D eigenvalue weighted by Gasteiger charge is 1.99. The van der Waals surface area contributed by atoms with Crippen molar-refractivity contribution in [1.82, 2.24) is 0 Å². The lowest BCUT2D eigenvalue weighted by molar-refractivity contribution is 0.185. The first kappa shape index (κ1) is 11.6. The molecule has 0 rings (SSSR count). The number of aliphatic hydroxyl groups is 1. The van der Waals surface area contributed by atoms with Crippen molar-refractivity contribution in [3.8, 4) is 0 Å². The van der Waals surface area contributed by atoms with Gasteiger partial charge >= 0.3 is 0 Å². The largest absolute Gasteiger partial charge is 0.393 e. The lowest BCUT2D eigenvalue weighted by Gasteiger charge is -2.03. The number of nitrogens with two attached hydrogens (primary N) is 1. The van der Waals surface area contributed by atoms with Gasteiger partial charge in [0, 0.05) is 0 Å². The van der Waals surface area contributed by atoms with Crippen molar-refractivity contribution in [1.29, 1.82) is 0 Å². The summed E-state index contributed by atoms with van der Waals surface area (Å²) < 4.78 is 0. The highest BCUT2D eigenvalue weighted by Crippen LogP contribution is 1.99. The predicted molar refractivity (Wildman–Crippen MR) is 43.5 cm³/mol. The molecule has 0 aliphatic rings. The molecule has 2 atom stereocenters. The first-order valence-electron chi connectivity index (χ1n) is 2.20. The molecule has 0 heterocycles. The van der Waals surface area contributed by atoms with Crippen LogP contribution in [0.25, 0.3) is 0 Å². The molecule has 0 aromatic carbocycles. The number of hydrogen-bond donors (Lipinski definition) is 2. The lowest BCUT2D eigenvalue weighted by atomic mass is 10.3. The van der Waals surface area contributed by atoms with Gasteiger partial charge in [0.1, 0.15) is 0 Å². The Morgan fingerprint density at radius 1 is 1.75 bits per heavy atom. The zero-order chi connectivity index (χ0) is 5.86.